The number of anilines is 1. The van der Waals surface area contributed by atoms with E-state index in [1.165, 1.54) is 0 Å². The summed E-state index contributed by atoms with van der Waals surface area (Å²) in [5.74, 6) is -0.0386. The van der Waals surface area contributed by atoms with Crippen LogP contribution in [0.4, 0.5) is 5.69 Å². The maximum absolute atomic E-state index is 12.4. The minimum atomic E-state index is -0.612. The van der Waals surface area contributed by atoms with Crippen LogP contribution in [0.3, 0.4) is 0 Å². The molecular weight excluding hydrogens is 306 g/mol. The van der Waals surface area contributed by atoms with E-state index in [0.29, 0.717) is 30.0 Å². The summed E-state index contributed by atoms with van der Waals surface area (Å²) in [4.78, 5) is 24.2. The number of amides is 1. The number of ether oxygens (including phenoxy) is 2. The molecule has 2 aromatic carbocycles. The van der Waals surface area contributed by atoms with Gasteiger partial charge in [-0.1, -0.05) is 31.2 Å². The zero-order valence-electron chi connectivity index (χ0n) is 13.8. The van der Waals surface area contributed by atoms with E-state index in [4.69, 9.17) is 9.47 Å². The summed E-state index contributed by atoms with van der Waals surface area (Å²) in [7, 11) is 0. The van der Waals surface area contributed by atoms with Crippen LogP contribution in [0.15, 0.2) is 54.6 Å². The van der Waals surface area contributed by atoms with Crippen LogP contribution in [0, 0.1) is 0 Å². The van der Waals surface area contributed by atoms with E-state index in [-0.39, 0.29) is 5.91 Å². The molecular formula is C19H21NO4. The molecule has 0 saturated carbocycles. The highest BCUT2D eigenvalue weighted by Crippen LogP contribution is 2.16. The molecule has 5 nitrogen and oxygen atoms in total. The Morgan fingerprint density at radius 2 is 1.79 bits per heavy atom. The topological polar surface area (TPSA) is 64.6 Å². The van der Waals surface area contributed by atoms with Gasteiger partial charge in [0.2, 0.25) is 0 Å². The van der Waals surface area contributed by atoms with Crippen LogP contribution in [-0.4, -0.2) is 24.6 Å². The molecule has 0 bridgehead atoms. The third kappa shape index (κ3) is 4.84. The number of rotatable bonds is 7. The average molecular weight is 327 g/mol. The van der Waals surface area contributed by atoms with E-state index >= 15 is 0 Å². The molecule has 0 aromatic heterocycles. The molecule has 0 saturated heterocycles. The molecule has 0 aliphatic carbocycles. The fourth-order valence-electron chi connectivity index (χ4n) is 2.15. The van der Waals surface area contributed by atoms with Crippen LogP contribution < -0.4 is 10.1 Å². The molecule has 0 heterocycles. The minimum absolute atomic E-state index is 0.262. The van der Waals surface area contributed by atoms with Crippen molar-refractivity contribution in [3.05, 3.63) is 60.2 Å². The maximum Gasteiger partial charge on any atom is 0.338 e. The fraction of sp³-hybridized carbons (Fsp3) is 0.263. The van der Waals surface area contributed by atoms with Gasteiger partial charge in [-0.3, -0.25) is 4.79 Å². The molecule has 5 heteroatoms. The Morgan fingerprint density at radius 1 is 1.04 bits per heavy atom. The number of esters is 1. The van der Waals surface area contributed by atoms with E-state index in [1.807, 2.05) is 25.1 Å². The van der Waals surface area contributed by atoms with Gasteiger partial charge in [0, 0.05) is 5.69 Å². The normalized spacial score (nSPS) is 11.4. The van der Waals surface area contributed by atoms with Crippen LogP contribution in [0.5, 0.6) is 5.75 Å². The predicted octanol–water partition coefficient (Wildman–Crippen LogP) is 3.66. The van der Waals surface area contributed by atoms with Crippen molar-refractivity contribution in [3.8, 4) is 5.75 Å². The molecule has 1 amide bonds. The maximum atomic E-state index is 12.4. The number of benzene rings is 2. The van der Waals surface area contributed by atoms with Crippen molar-refractivity contribution < 1.29 is 19.1 Å². The second-order valence-electron chi connectivity index (χ2n) is 5.12. The number of nitrogens with one attached hydrogen (secondary N) is 1. The third-order valence-electron chi connectivity index (χ3n) is 3.33. The summed E-state index contributed by atoms with van der Waals surface area (Å²) in [6, 6.07) is 15.8. The SMILES string of the molecule is CCOC(=O)c1cccc(NC(=O)[C@@H](CC)Oc2ccccc2)c1. The Labute approximate surface area is 141 Å². The Balaban J connectivity index is 2.04. The number of carbonyl (C=O) groups excluding carboxylic acids is 2. The van der Waals surface area contributed by atoms with Crippen molar-refractivity contribution in [2.75, 3.05) is 11.9 Å². The Hall–Kier alpha value is -2.82. The molecule has 2 aromatic rings. The number of carbonyl (C=O) groups is 2. The zero-order valence-corrected chi connectivity index (χ0v) is 13.8. The summed E-state index contributed by atoms with van der Waals surface area (Å²) in [5.41, 5.74) is 0.923. The molecule has 0 fully saturated rings. The van der Waals surface area contributed by atoms with E-state index in [0.717, 1.165) is 0 Å². The molecule has 2 rings (SSSR count). The quantitative estimate of drug-likeness (QED) is 0.788. The smallest absolute Gasteiger partial charge is 0.338 e. The van der Waals surface area contributed by atoms with Gasteiger partial charge in [-0.05, 0) is 43.7 Å². The van der Waals surface area contributed by atoms with Gasteiger partial charge in [0.15, 0.2) is 6.10 Å². The first kappa shape index (κ1) is 17.5. The van der Waals surface area contributed by atoms with Crippen molar-refractivity contribution in [1.82, 2.24) is 0 Å². The van der Waals surface area contributed by atoms with Gasteiger partial charge in [0.05, 0.1) is 12.2 Å². The molecule has 0 radical (unpaired) electrons. The van der Waals surface area contributed by atoms with Crippen LogP contribution >= 0.6 is 0 Å². The van der Waals surface area contributed by atoms with E-state index in [1.54, 1.807) is 43.3 Å². The lowest BCUT2D eigenvalue weighted by molar-refractivity contribution is -0.122. The molecule has 0 aliphatic heterocycles. The summed E-state index contributed by atoms with van der Waals surface area (Å²) in [5, 5.41) is 2.78. The lowest BCUT2D eigenvalue weighted by Gasteiger charge is -2.17. The second-order valence-corrected chi connectivity index (χ2v) is 5.12. The van der Waals surface area contributed by atoms with E-state index < -0.39 is 12.1 Å². The fourth-order valence-corrected chi connectivity index (χ4v) is 2.15. The number of hydrogen-bond acceptors (Lipinski definition) is 4. The van der Waals surface area contributed by atoms with Gasteiger partial charge >= 0.3 is 5.97 Å². The third-order valence-corrected chi connectivity index (χ3v) is 3.33. The zero-order chi connectivity index (χ0) is 17.4. The van der Waals surface area contributed by atoms with Crippen LogP contribution in [0.25, 0.3) is 0 Å². The molecule has 1 N–H and O–H groups in total. The van der Waals surface area contributed by atoms with Gasteiger partial charge < -0.3 is 14.8 Å². The summed E-state index contributed by atoms with van der Waals surface area (Å²) in [6.45, 7) is 3.93. The Kier molecular flexibility index (Phi) is 6.37. The van der Waals surface area contributed by atoms with Gasteiger partial charge in [-0.25, -0.2) is 4.79 Å². The summed E-state index contributed by atoms with van der Waals surface area (Å²) < 4.78 is 10.7. The van der Waals surface area contributed by atoms with Crippen molar-refractivity contribution in [1.29, 1.82) is 0 Å². The predicted molar refractivity (Wildman–Crippen MR) is 92.2 cm³/mol. The van der Waals surface area contributed by atoms with Crippen LogP contribution in [0.1, 0.15) is 30.6 Å². The first-order valence-corrected chi connectivity index (χ1v) is 7.93. The highest BCUT2D eigenvalue weighted by Gasteiger charge is 2.19. The minimum Gasteiger partial charge on any atom is -0.481 e. The second kappa shape index (κ2) is 8.72. The number of para-hydroxylation sites is 1. The highest BCUT2D eigenvalue weighted by atomic mass is 16.5. The molecule has 24 heavy (non-hydrogen) atoms. The van der Waals surface area contributed by atoms with E-state index in [2.05, 4.69) is 5.32 Å². The molecule has 0 spiro atoms. The summed E-state index contributed by atoms with van der Waals surface area (Å²) in [6.07, 6.45) is -0.0863. The lowest BCUT2D eigenvalue weighted by atomic mass is 10.2. The summed E-state index contributed by atoms with van der Waals surface area (Å²) >= 11 is 0. The van der Waals surface area contributed by atoms with Gasteiger partial charge in [-0.2, -0.15) is 0 Å². The monoisotopic (exact) mass is 327 g/mol. The van der Waals surface area contributed by atoms with Crippen molar-refractivity contribution >= 4 is 17.6 Å². The molecule has 126 valence electrons. The van der Waals surface area contributed by atoms with Crippen LogP contribution in [0.2, 0.25) is 0 Å². The largest absolute Gasteiger partial charge is 0.481 e. The first-order valence-electron chi connectivity index (χ1n) is 7.93. The van der Waals surface area contributed by atoms with Crippen LogP contribution in [-0.2, 0) is 9.53 Å². The lowest BCUT2D eigenvalue weighted by Crippen LogP contribution is -2.32. The average Bonchev–Trinajstić information content (AvgIpc) is 2.61. The molecule has 0 unspecified atom stereocenters. The van der Waals surface area contributed by atoms with Crippen molar-refractivity contribution in [2.45, 2.75) is 26.4 Å². The van der Waals surface area contributed by atoms with Gasteiger partial charge in [0.25, 0.3) is 5.91 Å². The number of hydrogen-bond donors (Lipinski definition) is 1. The Bertz CT molecular complexity index is 685. The molecule has 1 atom stereocenters. The van der Waals surface area contributed by atoms with Gasteiger partial charge in [-0.15, -0.1) is 0 Å². The first-order chi connectivity index (χ1) is 11.6. The standard InChI is InChI=1S/C19H21NO4/c1-3-17(24-16-11-6-5-7-12-16)18(21)20-15-10-8-9-14(13-15)19(22)23-4-2/h5-13,17H,3-4H2,1-2H3,(H,20,21)/t17-/m1/s1. The Morgan fingerprint density at radius 3 is 2.46 bits per heavy atom. The highest BCUT2D eigenvalue weighted by molar-refractivity contribution is 5.96. The molecule has 0 aliphatic rings. The van der Waals surface area contributed by atoms with E-state index in [9.17, 15) is 9.59 Å². The van der Waals surface area contributed by atoms with Crippen molar-refractivity contribution in [3.63, 3.8) is 0 Å². The van der Waals surface area contributed by atoms with Gasteiger partial charge in [0.1, 0.15) is 5.75 Å². The van der Waals surface area contributed by atoms with Crippen molar-refractivity contribution in [2.24, 2.45) is 0 Å².